The van der Waals surface area contributed by atoms with Crippen molar-refractivity contribution in [2.75, 3.05) is 19.7 Å². The third-order valence-electron chi connectivity index (χ3n) is 4.93. The molecular weight excluding hydrogens is 296 g/mol. The molecular formula is C18H29ClN2O. The van der Waals surface area contributed by atoms with Crippen LogP contribution in [0, 0.1) is 11.3 Å². The average molecular weight is 325 g/mol. The molecule has 1 aromatic carbocycles. The number of para-hydroxylation sites is 1. The second kappa shape index (κ2) is 7.20. The van der Waals surface area contributed by atoms with Crippen molar-refractivity contribution >= 4 is 12.4 Å². The molecule has 2 aliphatic rings. The van der Waals surface area contributed by atoms with E-state index in [0.29, 0.717) is 6.04 Å². The van der Waals surface area contributed by atoms with Crippen LogP contribution in [0.1, 0.15) is 38.7 Å². The molecule has 22 heavy (non-hydrogen) atoms. The van der Waals surface area contributed by atoms with Gasteiger partial charge in [-0.3, -0.25) is 4.90 Å². The summed E-state index contributed by atoms with van der Waals surface area (Å²) in [5.74, 6) is 1.86. The minimum absolute atomic E-state index is 0. The first kappa shape index (κ1) is 17.6. The van der Waals surface area contributed by atoms with Crippen LogP contribution in [0.2, 0.25) is 0 Å². The number of nitrogens with zero attached hydrogens (tertiary/aromatic N) is 1. The Balaban J connectivity index is 0.00000176. The standard InChI is InChI=1S/C18H28N2O.ClH/c1-18(2)13-20(10-9-17(18)19)11-15-5-3-4-6-16(15)21-12-14-7-8-14;/h3-6,14,17H,7-13,19H2,1-2H3;1H. The van der Waals surface area contributed by atoms with Crippen LogP contribution < -0.4 is 10.5 Å². The normalized spacial score (nSPS) is 24.6. The molecule has 1 unspecified atom stereocenters. The first-order valence-electron chi connectivity index (χ1n) is 8.23. The molecule has 0 aromatic heterocycles. The number of hydrogen-bond donors (Lipinski definition) is 1. The molecule has 0 bridgehead atoms. The Kier molecular flexibility index (Phi) is 5.76. The summed E-state index contributed by atoms with van der Waals surface area (Å²) in [4.78, 5) is 2.52. The van der Waals surface area contributed by atoms with E-state index in [1.807, 2.05) is 0 Å². The molecule has 2 N–H and O–H groups in total. The fourth-order valence-electron chi connectivity index (χ4n) is 3.13. The highest BCUT2D eigenvalue weighted by atomic mass is 35.5. The SMILES string of the molecule is CC1(C)CN(Cc2ccccc2OCC2CC2)CCC1N.Cl. The molecule has 1 aliphatic carbocycles. The molecule has 0 spiro atoms. The minimum Gasteiger partial charge on any atom is -0.493 e. The van der Waals surface area contributed by atoms with Crippen LogP contribution in [-0.2, 0) is 6.54 Å². The Morgan fingerprint density at radius 2 is 1.95 bits per heavy atom. The van der Waals surface area contributed by atoms with Crippen LogP contribution in [0.4, 0.5) is 0 Å². The molecule has 1 saturated carbocycles. The van der Waals surface area contributed by atoms with Gasteiger partial charge in [0.05, 0.1) is 6.61 Å². The highest BCUT2D eigenvalue weighted by Crippen LogP contribution is 2.32. The zero-order valence-corrected chi connectivity index (χ0v) is 14.6. The van der Waals surface area contributed by atoms with Crippen molar-refractivity contribution < 1.29 is 4.74 Å². The van der Waals surface area contributed by atoms with E-state index in [9.17, 15) is 0 Å². The van der Waals surface area contributed by atoms with Crippen LogP contribution >= 0.6 is 12.4 Å². The van der Waals surface area contributed by atoms with Crippen LogP contribution in [0.25, 0.3) is 0 Å². The van der Waals surface area contributed by atoms with E-state index >= 15 is 0 Å². The molecule has 4 heteroatoms. The van der Waals surface area contributed by atoms with E-state index in [1.165, 1.54) is 18.4 Å². The smallest absolute Gasteiger partial charge is 0.123 e. The van der Waals surface area contributed by atoms with Gasteiger partial charge in [0, 0.05) is 31.2 Å². The van der Waals surface area contributed by atoms with E-state index in [1.54, 1.807) is 0 Å². The molecule has 3 rings (SSSR count). The molecule has 1 atom stereocenters. The van der Waals surface area contributed by atoms with E-state index in [0.717, 1.165) is 44.3 Å². The number of halogens is 1. The number of likely N-dealkylation sites (tertiary alicyclic amines) is 1. The van der Waals surface area contributed by atoms with Crippen LogP contribution in [-0.4, -0.2) is 30.6 Å². The van der Waals surface area contributed by atoms with Crippen molar-refractivity contribution in [2.45, 2.75) is 45.7 Å². The van der Waals surface area contributed by atoms with Crippen LogP contribution in [0.5, 0.6) is 5.75 Å². The number of hydrogen-bond acceptors (Lipinski definition) is 3. The van der Waals surface area contributed by atoms with Gasteiger partial charge in [0.1, 0.15) is 5.75 Å². The van der Waals surface area contributed by atoms with Crippen molar-refractivity contribution in [3.05, 3.63) is 29.8 Å². The Hall–Kier alpha value is -0.770. The molecule has 1 aliphatic heterocycles. The third kappa shape index (κ3) is 4.37. The summed E-state index contributed by atoms with van der Waals surface area (Å²) in [6.45, 7) is 8.55. The predicted octanol–water partition coefficient (Wildman–Crippen LogP) is 3.46. The summed E-state index contributed by atoms with van der Waals surface area (Å²) >= 11 is 0. The van der Waals surface area contributed by atoms with Gasteiger partial charge in [0.2, 0.25) is 0 Å². The van der Waals surface area contributed by atoms with Crippen molar-refractivity contribution in [1.29, 1.82) is 0 Å². The summed E-state index contributed by atoms with van der Waals surface area (Å²) in [6, 6.07) is 8.81. The van der Waals surface area contributed by atoms with Crippen molar-refractivity contribution in [1.82, 2.24) is 4.90 Å². The number of piperidine rings is 1. The molecule has 0 amide bonds. The van der Waals surface area contributed by atoms with Gasteiger partial charge in [-0.15, -0.1) is 12.4 Å². The van der Waals surface area contributed by atoms with Gasteiger partial charge in [0.15, 0.2) is 0 Å². The number of rotatable bonds is 5. The highest BCUT2D eigenvalue weighted by Gasteiger charge is 2.33. The van der Waals surface area contributed by atoms with Gasteiger partial charge in [-0.05, 0) is 36.7 Å². The second-order valence-electron chi connectivity index (χ2n) is 7.46. The number of benzene rings is 1. The first-order valence-corrected chi connectivity index (χ1v) is 8.23. The molecule has 0 radical (unpaired) electrons. The average Bonchev–Trinajstić information content (AvgIpc) is 3.26. The maximum absolute atomic E-state index is 6.23. The Morgan fingerprint density at radius 3 is 2.64 bits per heavy atom. The predicted molar refractivity (Wildman–Crippen MR) is 93.6 cm³/mol. The topological polar surface area (TPSA) is 38.5 Å². The fraction of sp³-hybridized carbons (Fsp3) is 0.667. The van der Waals surface area contributed by atoms with E-state index in [4.69, 9.17) is 10.5 Å². The van der Waals surface area contributed by atoms with Crippen LogP contribution in [0.15, 0.2) is 24.3 Å². The Labute approximate surface area is 140 Å². The molecule has 1 heterocycles. The first-order chi connectivity index (χ1) is 10.0. The Morgan fingerprint density at radius 1 is 1.23 bits per heavy atom. The van der Waals surface area contributed by atoms with Crippen LogP contribution in [0.3, 0.4) is 0 Å². The van der Waals surface area contributed by atoms with Gasteiger partial charge in [-0.2, -0.15) is 0 Å². The monoisotopic (exact) mass is 324 g/mol. The summed E-state index contributed by atoms with van der Waals surface area (Å²) in [5.41, 5.74) is 7.74. The lowest BCUT2D eigenvalue weighted by Crippen LogP contribution is -2.52. The second-order valence-corrected chi connectivity index (χ2v) is 7.46. The number of ether oxygens (including phenoxy) is 1. The minimum atomic E-state index is 0. The molecule has 2 fully saturated rings. The lowest BCUT2D eigenvalue weighted by Gasteiger charge is -2.42. The highest BCUT2D eigenvalue weighted by molar-refractivity contribution is 5.85. The summed E-state index contributed by atoms with van der Waals surface area (Å²) in [7, 11) is 0. The zero-order chi connectivity index (χ0) is 14.9. The van der Waals surface area contributed by atoms with Crippen molar-refractivity contribution in [2.24, 2.45) is 17.1 Å². The van der Waals surface area contributed by atoms with Gasteiger partial charge in [-0.1, -0.05) is 32.0 Å². The third-order valence-corrected chi connectivity index (χ3v) is 4.93. The number of nitrogens with two attached hydrogens (primary N) is 1. The summed E-state index contributed by atoms with van der Waals surface area (Å²) in [6.07, 6.45) is 3.75. The molecule has 1 aromatic rings. The Bertz CT molecular complexity index is 488. The van der Waals surface area contributed by atoms with E-state index in [-0.39, 0.29) is 17.8 Å². The van der Waals surface area contributed by atoms with Crippen molar-refractivity contribution in [3.8, 4) is 5.75 Å². The van der Waals surface area contributed by atoms with Gasteiger partial charge >= 0.3 is 0 Å². The quantitative estimate of drug-likeness (QED) is 0.901. The zero-order valence-electron chi connectivity index (χ0n) is 13.8. The van der Waals surface area contributed by atoms with Gasteiger partial charge in [0.25, 0.3) is 0 Å². The molecule has 124 valence electrons. The van der Waals surface area contributed by atoms with Crippen molar-refractivity contribution in [3.63, 3.8) is 0 Å². The van der Waals surface area contributed by atoms with E-state index in [2.05, 4.69) is 43.0 Å². The fourth-order valence-corrected chi connectivity index (χ4v) is 3.13. The largest absolute Gasteiger partial charge is 0.493 e. The van der Waals surface area contributed by atoms with Gasteiger partial charge < -0.3 is 10.5 Å². The van der Waals surface area contributed by atoms with Gasteiger partial charge in [-0.25, -0.2) is 0 Å². The maximum Gasteiger partial charge on any atom is 0.123 e. The molecule has 1 saturated heterocycles. The summed E-state index contributed by atoms with van der Waals surface area (Å²) < 4.78 is 6.02. The molecule has 3 nitrogen and oxygen atoms in total. The lowest BCUT2D eigenvalue weighted by molar-refractivity contribution is 0.0889. The summed E-state index contributed by atoms with van der Waals surface area (Å²) in [5, 5.41) is 0. The maximum atomic E-state index is 6.23. The lowest BCUT2D eigenvalue weighted by atomic mass is 9.79. The van der Waals surface area contributed by atoms with E-state index < -0.39 is 0 Å².